The second kappa shape index (κ2) is 11.4. The fourth-order valence-electron chi connectivity index (χ4n) is 3.59. The van der Waals surface area contributed by atoms with E-state index in [9.17, 15) is 18.0 Å². The van der Waals surface area contributed by atoms with Gasteiger partial charge in [0.25, 0.3) is 15.9 Å². The molecule has 1 fully saturated rings. The number of carbonyl (C=O) groups excluding carboxylic acids is 2. The molecular formula is C23H28ClN3O5S. The van der Waals surface area contributed by atoms with Gasteiger partial charge in [-0.05, 0) is 55.2 Å². The molecule has 0 bridgehead atoms. The Balaban J connectivity index is 1.63. The number of amides is 3. The maximum Gasteiger partial charge on any atom is 0.328 e. The van der Waals surface area contributed by atoms with E-state index < -0.39 is 28.0 Å². The van der Waals surface area contributed by atoms with Crippen LogP contribution in [0.15, 0.2) is 47.4 Å². The maximum atomic E-state index is 12.8. The lowest BCUT2D eigenvalue weighted by atomic mass is 9.96. The molecule has 0 unspecified atom stereocenters. The Bertz CT molecular complexity index is 1190. The topological polar surface area (TPSA) is 114 Å². The van der Waals surface area contributed by atoms with E-state index in [2.05, 4.69) is 0 Å². The summed E-state index contributed by atoms with van der Waals surface area (Å²) in [7, 11) is -3.06. The molecule has 0 radical (unpaired) electrons. The largest absolute Gasteiger partial charge is 0.496 e. The van der Waals surface area contributed by atoms with Crippen LogP contribution in [0.1, 0.15) is 48.0 Å². The van der Waals surface area contributed by atoms with E-state index in [-0.39, 0.29) is 28.1 Å². The summed E-state index contributed by atoms with van der Waals surface area (Å²) in [5.41, 5.74) is 0.794. The zero-order chi connectivity index (χ0) is 26.5. The molecule has 1 saturated carbocycles. The predicted molar refractivity (Wildman–Crippen MR) is 126 cm³/mol. The van der Waals surface area contributed by atoms with E-state index in [1.165, 1.54) is 43.5 Å². The van der Waals surface area contributed by atoms with Crippen molar-refractivity contribution in [1.29, 1.82) is 0 Å². The average Bonchev–Trinajstić information content (AvgIpc) is 2.90. The van der Waals surface area contributed by atoms with Crippen LogP contribution in [0.25, 0.3) is 0 Å². The highest BCUT2D eigenvalue weighted by molar-refractivity contribution is 7.90. The van der Waals surface area contributed by atoms with Gasteiger partial charge in [0, 0.05) is 17.6 Å². The van der Waals surface area contributed by atoms with E-state index >= 15 is 0 Å². The molecule has 0 spiro atoms. The molecule has 3 rings (SSSR count). The summed E-state index contributed by atoms with van der Waals surface area (Å²) in [5.74, 6) is -0.310. The molecule has 0 heterocycles. The number of sulfonamides is 1. The zero-order valence-electron chi connectivity index (χ0n) is 21.2. The van der Waals surface area contributed by atoms with Crippen LogP contribution in [0.3, 0.4) is 0 Å². The van der Waals surface area contributed by atoms with Crippen LogP contribution in [-0.4, -0.2) is 40.1 Å². The fraction of sp³-hybridized carbons (Fsp3) is 0.391. The lowest BCUT2D eigenvalue weighted by Crippen LogP contribution is -2.45. The Hall–Kier alpha value is -2.78. The van der Waals surface area contributed by atoms with Gasteiger partial charge in [0.1, 0.15) is 5.75 Å². The van der Waals surface area contributed by atoms with Crippen LogP contribution in [0, 0.1) is 0 Å². The van der Waals surface area contributed by atoms with E-state index in [1.54, 1.807) is 6.07 Å². The normalized spacial score (nSPS) is 15.6. The highest BCUT2D eigenvalue weighted by Gasteiger charge is 2.21. The van der Waals surface area contributed by atoms with Crippen molar-refractivity contribution in [2.24, 2.45) is 0 Å². The van der Waals surface area contributed by atoms with Gasteiger partial charge in [-0.3, -0.25) is 4.79 Å². The number of halogens is 1. The fourth-order valence-corrected chi connectivity index (χ4v) is 4.60. The third-order valence-corrected chi connectivity index (χ3v) is 6.83. The molecule has 8 nitrogen and oxygen atoms in total. The highest BCUT2D eigenvalue weighted by Crippen LogP contribution is 2.22. The van der Waals surface area contributed by atoms with Gasteiger partial charge in [-0.2, -0.15) is 0 Å². The third kappa shape index (κ3) is 7.10. The first-order valence-corrected chi connectivity index (χ1v) is 12.5. The quantitative estimate of drug-likeness (QED) is 0.516. The summed E-state index contributed by atoms with van der Waals surface area (Å²) in [4.78, 5) is 24.8. The van der Waals surface area contributed by atoms with Crippen LogP contribution in [0.5, 0.6) is 5.75 Å². The molecule has 2 aromatic rings. The Kier molecular flexibility index (Phi) is 7.17. The summed E-state index contributed by atoms with van der Waals surface area (Å²) in [6, 6.07) is 8.40. The van der Waals surface area contributed by atoms with Crippen molar-refractivity contribution < 1.29 is 27.0 Å². The van der Waals surface area contributed by atoms with Crippen molar-refractivity contribution in [1.82, 2.24) is 15.3 Å². The van der Waals surface area contributed by atoms with Crippen molar-refractivity contribution in [3.63, 3.8) is 0 Å². The second-order valence-corrected chi connectivity index (χ2v) is 9.74. The zero-order valence-corrected chi connectivity index (χ0v) is 19.8. The first-order valence-electron chi connectivity index (χ1n) is 12.0. The van der Waals surface area contributed by atoms with E-state index in [0.717, 1.165) is 24.6 Å². The maximum absolute atomic E-state index is 12.8. The Morgan fingerprint density at radius 1 is 1.12 bits per heavy atom. The van der Waals surface area contributed by atoms with Gasteiger partial charge >= 0.3 is 6.03 Å². The van der Waals surface area contributed by atoms with Crippen LogP contribution in [0.2, 0.25) is 9.26 Å². The SMILES string of the molecule is [2H]N(CCc1ccc(S(=O)(=O)N([2H])C(=O)N([2H])C2CCCCC2)cc1)C(=O)c1cc(Cl)ccc1OC. The van der Waals surface area contributed by atoms with Crippen LogP contribution in [-0.2, 0) is 16.4 Å². The molecule has 1 aliphatic rings. The number of carbonyl (C=O) groups is 2. The van der Waals surface area contributed by atoms with Gasteiger partial charge < -0.3 is 15.4 Å². The number of ether oxygens (including phenoxy) is 1. The van der Waals surface area contributed by atoms with Gasteiger partial charge in [0.15, 0.2) is 4.24 Å². The molecule has 0 aromatic heterocycles. The standard InChI is InChI=1S/C23H28ClN3O5S/c1-32-21-12-9-17(24)15-20(21)22(28)25-14-13-16-7-10-19(11-8-16)33(30,31)27-23(29)26-18-5-3-2-4-6-18/h7-12,15,18H,2-6,13-14H2,1H3,(H,25,28)(H2,26,27,29)/i/hD3. The Morgan fingerprint density at radius 3 is 2.48 bits per heavy atom. The number of hydrogen-bond acceptors (Lipinski definition) is 5. The molecular weight excluding hydrogens is 466 g/mol. The molecule has 3 N–H and O–H groups in total. The molecule has 0 saturated heterocycles. The molecule has 10 heteroatoms. The minimum absolute atomic E-state index is 0.0127. The Morgan fingerprint density at radius 2 is 1.82 bits per heavy atom. The van der Waals surface area contributed by atoms with Crippen LogP contribution >= 0.6 is 11.6 Å². The Labute approximate surface area is 203 Å². The van der Waals surface area contributed by atoms with Crippen LogP contribution in [0.4, 0.5) is 4.79 Å². The van der Waals surface area contributed by atoms with Gasteiger partial charge in [-0.15, -0.1) is 0 Å². The average molecular weight is 497 g/mol. The molecule has 178 valence electrons. The van der Waals surface area contributed by atoms with Gasteiger partial charge in [-0.1, -0.05) is 43.0 Å². The first-order chi connectivity index (χ1) is 17.1. The summed E-state index contributed by atoms with van der Waals surface area (Å²) in [5, 5.41) is 1.68. The lowest BCUT2D eigenvalue weighted by Gasteiger charge is -2.22. The van der Waals surface area contributed by atoms with E-state index in [1.807, 2.05) is 0 Å². The predicted octanol–water partition coefficient (Wildman–Crippen LogP) is 3.64. The molecule has 1 aliphatic carbocycles. The smallest absolute Gasteiger partial charge is 0.328 e. The summed E-state index contributed by atoms with van der Waals surface area (Å²) >= 11 is 5.96. The highest BCUT2D eigenvalue weighted by atomic mass is 35.5. The number of methoxy groups -OCH3 is 1. The van der Waals surface area contributed by atoms with Crippen LogP contribution < -0.4 is 20.1 Å². The van der Waals surface area contributed by atoms with Gasteiger partial charge in [0.2, 0.25) is 0 Å². The van der Waals surface area contributed by atoms with Crippen molar-refractivity contribution in [2.75, 3.05) is 13.7 Å². The number of nitrogens with one attached hydrogen (secondary N) is 3. The number of rotatable bonds is 8. The molecule has 0 atom stereocenters. The molecule has 2 aromatic carbocycles. The molecule has 3 amide bonds. The van der Waals surface area contributed by atoms with Crippen molar-refractivity contribution >= 4 is 33.6 Å². The molecule has 33 heavy (non-hydrogen) atoms. The van der Waals surface area contributed by atoms with Gasteiger partial charge in [0.05, 0.1) is 17.6 Å². The van der Waals surface area contributed by atoms with E-state index in [4.69, 9.17) is 20.6 Å². The number of benzene rings is 2. The van der Waals surface area contributed by atoms with Crippen molar-refractivity contribution in [3.8, 4) is 5.75 Å². The van der Waals surface area contributed by atoms with Crippen molar-refractivity contribution in [2.45, 2.75) is 49.5 Å². The minimum atomic E-state index is -4.47. The summed E-state index contributed by atoms with van der Waals surface area (Å²) in [6.07, 6.45) is 4.19. The number of urea groups is 1. The van der Waals surface area contributed by atoms with E-state index in [0.29, 0.717) is 34.5 Å². The first kappa shape index (κ1) is 20.8. The molecule has 0 aliphatic heterocycles. The summed E-state index contributed by atoms with van der Waals surface area (Å²) in [6.45, 7) is 0.0127. The number of hydrogen-bond donors (Lipinski definition) is 3. The monoisotopic (exact) mass is 496 g/mol. The second-order valence-electron chi connectivity index (χ2n) is 7.70. The minimum Gasteiger partial charge on any atom is -0.496 e. The van der Waals surface area contributed by atoms with Gasteiger partial charge in [-0.25, -0.2) is 17.9 Å². The summed E-state index contributed by atoms with van der Waals surface area (Å²) < 4.78 is 54.5. The third-order valence-electron chi connectivity index (χ3n) is 5.34. The lowest BCUT2D eigenvalue weighted by molar-refractivity contribution is 0.0951. The van der Waals surface area contributed by atoms with Crippen molar-refractivity contribution in [3.05, 3.63) is 58.6 Å².